The highest BCUT2D eigenvalue weighted by atomic mass is 16.3. The number of hydrogen-bond donors (Lipinski definition) is 2. The standard InChI is InChI=1S/C25H42O2/c1-16-8-9-19-23(4,17(16)15-26)13-10-20-24(5)12-7-11-22(2,3)21(24)18(27)14-25(19,20)6/h8,17-21,26-27H,7,9-15H2,1-6H3/t17-,18+,19?,20?,21?,23-,24-,25+/m1/s1. The van der Waals surface area contributed by atoms with E-state index in [-0.39, 0.29) is 34.4 Å². The van der Waals surface area contributed by atoms with Crippen LogP contribution in [0.15, 0.2) is 11.6 Å². The molecule has 8 atom stereocenters. The van der Waals surface area contributed by atoms with Crippen molar-refractivity contribution >= 4 is 0 Å². The van der Waals surface area contributed by atoms with Crippen LogP contribution in [0.4, 0.5) is 0 Å². The lowest BCUT2D eigenvalue weighted by Gasteiger charge is -2.70. The summed E-state index contributed by atoms with van der Waals surface area (Å²) in [6.07, 6.45) is 10.6. The van der Waals surface area contributed by atoms with Gasteiger partial charge in [-0.2, -0.15) is 0 Å². The molecule has 2 N–H and O–H groups in total. The second-order valence-electron chi connectivity index (χ2n) is 12.2. The minimum absolute atomic E-state index is 0.173. The third-order valence-electron chi connectivity index (χ3n) is 10.5. The first-order chi connectivity index (χ1) is 12.5. The lowest BCUT2D eigenvalue weighted by atomic mass is 9.35. The van der Waals surface area contributed by atoms with Gasteiger partial charge in [-0.25, -0.2) is 0 Å². The maximum Gasteiger partial charge on any atom is 0.0584 e. The van der Waals surface area contributed by atoms with Crippen molar-refractivity contribution in [2.24, 2.45) is 45.3 Å². The molecule has 0 amide bonds. The topological polar surface area (TPSA) is 40.5 Å². The highest BCUT2D eigenvalue weighted by Crippen LogP contribution is 2.72. The smallest absolute Gasteiger partial charge is 0.0584 e. The van der Waals surface area contributed by atoms with Crippen LogP contribution >= 0.6 is 0 Å². The van der Waals surface area contributed by atoms with E-state index in [1.165, 1.54) is 37.7 Å². The molecule has 0 bridgehead atoms. The van der Waals surface area contributed by atoms with Crippen LogP contribution in [0, 0.1) is 45.3 Å². The Balaban J connectivity index is 1.79. The third kappa shape index (κ3) is 2.51. The first-order valence-corrected chi connectivity index (χ1v) is 11.5. The normalized spacial score (nSPS) is 54.4. The highest BCUT2D eigenvalue weighted by Gasteiger charge is 2.67. The first-order valence-electron chi connectivity index (χ1n) is 11.5. The number of allylic oxidation sites excluding steroid dienone is 1. The molecular weight excluding hydrogens is 332 g/mol. The quantitative estimate of drug-likeness (QED) is 0.588. The van der Waals surface area contributed by atoms with E-state index in [9.17, 15) is 10.2 Å². The van der Waals surface area contributed by atoms with Gasteiger partial charge < -0.3 is 10.2 Å². The summed E-state index contributed by atoms with van der Waals surface area (Å²) in [7, 11) is 0. The van der Waals surface area contributed by atoms with E-state index in [0.717, 1.165) is 12.8 Å². The third-order valence-corrected chi connectivity index (χ3v) is 10.5. The fourth-order valence-corrected chi connectivity index (χ4v) is 9.65. The summed E-state index contributed by atoms with van der Waals surface area (Å²) in [4.78, 5) is 0. The average molecular weight is 375 g/mol. The highest BCUT2D eigenvalue weighted by molar-refractivity contribution is 5.22. The SMILES string of the molecule is CC1=CCC2[C@]3(C)C[C@H](O)C4C(C)(C)CCC[C@]4(C)C3CC[C@]2(C)[C@@H]1CO. The molecule has 2 nitrogen and oxygen atoms in total. The molecule has 2 heteroatoms. The fraction of sp³-hybridized carbons (Fsp3) is 0.920. The van der Waals surface area contributed by atoms with Crippen LogP contribution in [0.3, 0.4) is 0 Å². The molecule has 4 rings (SSSR count). The Morgan fingerprint density at radius 2 is 1.67 bits per heavy atom. The molecule has 0 spiro atoms. The zero-order valence-corrected chi connectivity index (χ0v) is 18.5. The summed E-state index contributed by atoms with van der Waals surface area (Å²) in [6.45, 7) is 14.8. The Morgan fingerprint density at radius 3 is 2.33 bits per heavy atom. The van der Waals surface area contributed by atoms with Crippen LogP contribution in [0.25, 0.3) is 0 Å². The largest absolute Gasteiger partial charge is 0.396 e. The Morgan fingerprint density at radius 1 is 0.963 bits per heavy atom. The number of aliphatic hydroxyl groups excluding tert-OH is 2. The number of hydrogen-bond acceptors (Lipinski definition) is 2. The predicted molar refractivity (Wildman–Crippen MR) is 111 cm³/mol. The van der Waals surface area contributed by atoms with Gasteiger partial charge in [-0.3, -0.25) is 0 Å². The lowest BCUT2D eigenvalue weighted by Crippen LogP contribution is -2.66. The molecule has 3 unspecified atom stereocenters. The van der Waals surface area contributed by atoms with Gasteiger partial charge in [0.25, 0.3) is 0 Å². The summed E-state index contributed by atoms with van der Waals surface area (Å²) in [5.41, 5.74) is 2.23. The molecule has 3 saturated carbocycles. The Hall–Kier alpha value is -0.340. The Kier molecular flexibility index (Phi) is 4.49. The minimum atomic E-state index is -0.187. The van der Waals surface area contributed by atoms with Crippen molar-refractivity contribution < 1.29 is 10.2 Å². The van der Waals surface area contributed by atoms with Crippen LogP contribution in [0.1, 0.15) is 86.5 Å². The van der Waals surface area contributed by atoms with Crippen molar-refractivity contribution in [3.63, 3.8) is 0 Å². The monoisotopic (exact) mass is 374 g/mol. The molecule has 0 saturated heterocycles. The van der Waals surface area contributed by atoms with Gasteiger partial charge in [-0.15, -0.1) is 0 Å². The van der Waals surface area contributed by atoms with Crippen LogP contribution < -0.4 is 0 Å². The minimum Gasteiger partial charge on any atom is -0.396 e. The number of aliphatic hydroxyl groups is 2. The van der Waals surface area contributed by atoms with E-state index >= 15 is 0 Å². The molecule has 0 aliphatic heterocycles. The number of rotatable bonds is 1. The molecule has 0 aromatic carbocycles. The molecular formula is C25H42O2. The fourth-order valence-electron chi connectivity index (χ4n) is 9.65. The molecule has 0 radical (unpaired) electrons. The summed E-state index contributed by atoms with van der Waals surface area (Å²) < 4.78 is 0. The van der Waals surface area contributed by atoms with Crippen molar-refractivity contribution in [2.75, 3.05) is 6.61 Å². The van der Waals surface area contributed by atoms with Gasteiger partial charge in [0.2, 0.25) is 0 Å². The van der Waals surface area contributed by atoms with Crippen LogP contribution in [-0.4, -0.2) is 22.9 Å². The van der Waals surface area contributed by atoms with Crippen molar-refractivity contribution in [3.8, 4) is 0 Å². The Bertz CT molecular complexity index is 636. The average Bonchev–Trinajstić information content (AvgIpc) is 2.52. The number of fused-ring (bicyclic) bond motifs is 5. The molecule has 4 aliphatic carbocycles. The van der Waals surface area contributed by atoms with Gasteiger partial charge in [0, 0.05) is 5.92 Å². The van der Waals surface area contributed by atoms with Crippen molar-refractivity contribution in [1.29, 1.82) is 0 Å². The summed E-state index contributed by atoms with van der Waals surface area (Å²) in [5, 5.41) is 21.7. The second-order valence-corrected chi connectivity index (χ2v) is 12.2. The van der Waals surface area contributed by atoms with E-state index in [1.807, 2.05) is 0 Å². The van der Waals surface area contributed by atoms with E-state index in [1.54, 1.807) is 0 Å². The Labute approximate surface area is 166 Å². The van der Waals surface area contributed by atoms with Gasteiger partial charge in [0.05, 0.1) is 12.7 Å². The molecule has 0 aromatic rings. The van der Waals surface area contributed by atoms with Crippen LogP contribution in [0.5, 0.6) is 0 Å². The van der Waals surface area contributed by atoms with Crippen molar-refractivity contribution in [3.05, 3.63) is 11.6 Å². The lowest BCUT2D eigenvalue weighted by molar-refractivity contribution is -0.236. The molecule has 0 aromatic heterocycles. The maximum absolute atomic E-state index is 11.5. The van der Waals surface area contributed by atoms with Crippen LogP contribution in [-0.2, 0) is 0 Å². The molecule has 0 heterocycles. The van der Waals surface area contributed by atoms with Gasteiger partial charge in [0.15, 0.2) is 0 Å². The van der Waals surface area contributed by atoms with E-state index in [4.69, 9.17) is 0 Å². The zero-order valence-electron chi connectivity index (χ0n) is 18.5. The van der Waals surface area contributed by atoms with Gasteiger partial charge in [0.1, 0.15) is 0 Å². The zero-order chi connectivity index (χ0) is 19.8. The molecule has 154 valence electrons. The van der Waals surface area contributed by atoms with Gasteiger partial charge in [-0.05, 0) is 84.9 Å². The van der Waals surface area contributed by atoms with E-state index < -0.39 is 0 Å². The van der Waals surface area contributed by atoms with Crippen LogP contribution in [0.2, 0.25) is 0 Å². The summed E-state index contributed by atoms with van der Waals surface area (Å²) >= 11 is 0. The van der Waals surface area contributed by atoms with Gasteiger partial charge in [-0.1, -0.05) is 52.7 Å². The second kappa shape index (κ2) is 6.08. The molecule has 4 aliphatic rings. The van der Waals surface area contributed by atoms with Gasteiger partial charge >= 0.3 is 0 Å². The van der Waals surface area contributed by atoms with Crippen molar-refractivity contribution in [1.82, 2.24) is 0 Å². The molecule has 27 heavy (non-hydrogen) atoms. The van der Waals surface area contributed by atoms with E-state index in [0.29, 0.717) is 23.7 Å². The first kappa shape index (κ1) is 20.0. The van der Waals surface area contributed by atoms with Crippen molar-refractivity contribution in [2.45, 2.75) is 92.6 Å². The maximum atomic E-state index is 11.5. The predicted octanol–water partition coefficient (Wildman–Crippen LogP) is 5.58. The molecule has 3 fully saturated rings. The van der Waals surface area contributed by atoms with E-state index in [2.05, 4.69) is 47.6 Å². The summed E-state index contributed by atoms with van der Waals surface area (Å²) in [5.74, 6) is 1.99. The summed E-state index contributed by atoms with van der Waals surface area (Å²) in [6, 6.07) is 0.